The third kappa shape index (κ3) is 5.22. The molecule has 0 aliphatic heterocycles. The van der Waals surface area contributed by atoms with Crippen molar-refractivity contribution in [3.05, 3.63) is 78.1 Å². The van der Waals surface area contributed by atoms with Gasteiger partial charge in [0.15, 0.2) is 5.65 Å². The van der Waals surface area contributed by atoms with E-state index >= 15 is 0 Å². The van der Waals surface area contributed by atoms with Gasteiger partial charge in [0.25, 0.3) is 5.91 Å². The Morgan fingerprint density at radius 1 is 1.08 bits per heavy atom. The van der Waals surface area contributed by atoms with E-state index in [2.05, 4.69) is 21.4 Å². The molecule has 1 aliphatic carbocycles. The number of aromatic nitrogens is 4. The first-order chi connectivity index (χ1) is 18.6. The van der Waals surface area contributed by atoms with Crippen LogP contribution < -0.4 is 15.8 Å². The molecule has 0 unspecified atom stereocenters. The molecule has 4 aromatic rings. The van der Waals surface area contributed by atoms with Crippen LogP contribution in [0.2, 0.25) is 0 Å². The molecule has 1 amide bonds. The largest absolute Gasteiger partial charge is 0.496 e. The fraction of sp³-hybridized carbons (Fsp3) is 0.286. The number of benzene rings is 2. The zero-order valence-corrected chi connectivity index (χ0v) is 21.3. The highest BCUT2D eigenvalue weighted by atomic mass is 16.5. The number of para-hydroxylation sites is 1. The first-order valence-corrected chi connectivity index (χ1v) is 12.4. The number of rotatable bonds is 10. The van der Waals surface area contributed by atoms with Gasteiger partial charge in [0.05, 0.1) is 43.4 Å². The molecule has 2 heterocycles. The predicted molar refractivity (Wildman–Crippen MR) is 144 cm³/mol. The number of nitrogen functional groups attached to an aromatic ring is 1. The van der Waals surface area contributed by atoms with Crippen molar-refractivity contribution in [2.24, 2.45) is 0 Å². The average Bonchev–Trinajstić information content (AvgIpc) is 3.58. The van der Waals surface area contributed by atoms with Gasteiger partial charge >= 0.3 is 0 Å². The summed E-state index contributed by atoms with van der Waals surface area (Å²) in [6.07, 6.45) is 6.32. The predicted octanol–water partition coefficient (Wildman–Crippen LogP) is 3.55. The Hall–Kier alpha value is -4.28. The van der Waals surface area contributed by atoms with E-state index in [0.29, 0.717) is 53.6 Å². The van der Waals surface area contributed by atoms with Gasteiger partial charge < -0.3 is 25.3 Å². The molecule has 38 heavy (non-hydrogen) atoms. The van der Waals surface area contributed by atoms with Gasteiger partial charge in [-0.15, -0.1) is 0 Å². The van der Waals surface area contributed by atoms with E-state index in [9.17, 15) is 4.79 Å². The second kappa shape index (κ2) is 11.4. The number of anilines is 1. The van der Waals surface area contributed by atoms with E-state index in [-0.39, 0.29) is 18.1 Å². The first-order valence-electron chi connectivity index (χ1n) is 12.4. The number of fused-ring (bicyclic) bond motifs is 1. The zero-order valence-electron chi connectivity index (χ0n) is 21.3. The van der Waals surface area contributed by atoms with Gasteiger partial charge in [-0.2, -0.15) is 5.10 Å². The van der Waals surface area contributed by atoms with Crippen LogP contribution in [0.1, 0.15) is 28.4 Å². The first kappa shape index (κ1) is 25.4. The molecule has 196 valence electrons. The van der Waals surface area contributed by atoms with Gasteiger partial charge in [-0.3, -0.25) is 4.79 Å². The molecule has 3 N–H and O–H groups in total. The lowest BCUT2D eigenvalue weighted by atomic mass is 10.1. The summed E-state index contributed by atoms with van der Waals surface area (Å²) in [7, 11) is 3.20. The van der Waals surface area contributed by atoms with Crippen LogP contribution in [-0.2, 0) is 16.0 Å². The highest BCUT2D eigenvalue weighted by Gasteiger charge is 2.26. The molecule has 1 aliphatic rings. The minimum Gasteiger partial charge on any atom is -0.496 e. The van der Waals surface area contributed by atoms with Crippen LogP contribution in [-0.4, -0.2) is 59.2 Å². The third-order valence-corrected chi connectivity index (χ3v) is 6.51. The number of methoxy groups -OCH3 is 2. The molecular weight excluding hydrogens is 484 g/mol. The average molecular weight is 515 g/mol. The van der Waals surface area contributed by atoms with Crippen LogP contribution in [0.4, 0.5) is 5.82 Å². The minimum absolute atomic E-state index is 0.0117. The number of hydrogen-bond donors (Lipinski definition) is 2. The van der Waals surface area contributed by atoms with Crippen molar-refractivity contribution in [3.63, 3.8) is 0 Å². The van der Waals surface area contributed by atoms with E-state index in [1.54, 1.807) is 32.4 Å². The van der Waals surface area contributed by atoms with E-state index < -0.39 is 0 Å². The molecule has 2 atom stereocenters. The zero-order chi connectivity index (χ0) is 26.5. The molecule has 0 saturated heterocycles. The SMILES string of the molecule is COCCO[C@H]1C=C[C@H](n2nc(-c3ccc(CNC(=O)c4ccccc4OC)cc3)c3c(N)ncnc32)C1. The van der Waals surface area contributed by atoms with E-state index in [4.69, 9.17) is 25.0 Å². The lowest BCUT2D eigenvalue weighted by Crippen LogP contribution is -2.23. The summed E-state index contributed by atoms with van der Waals surface area (Å²) in [5, 5.41) is 8.57. The molecule has 2 aromatic carbocycles. The molecule has 10 nitrogen and oxygen atoms in total. The van der Waals surface area contributed by atoms with Crippen LogP contribution in [0, 0.1) is 0 Å². The Morgan fingerprint density at radius 3 is 2.68 bits per heavy atom. The molecule has 0 bridgehead atoms. The van der Waals surface area contributed by atoms with Crippen molar-refractivity contribution in [1.29, 1.82) is 0 Å². The maximum atomic E-state index is 12.6. The molecular formula is C28H30N6O4. The highest BCUT2D eigenvalue weighted by Crippen LogP contribution is 2.34. The van der Waals surface area contributed by atoms with Crippen molar-refractivity contribution < 1.29 is 19.0 Å². The lowest BCUT2D eigenvalue weighted by Gasteiger charge is -2.14. The Kier molecular flexibility index (Phi) is 7.62. The number of carbonyl (C=O) groups excluding carboxylic acids is 1. The molecule has 0 spiro atoms. The second-order valence-electron chi connectivity index (χ2n) is 8.92. The summed E-state index contributed by atoms with van der Waals surface area (Å²) >= 11 is 0. The standard InChI is InChI=1S/C28H30N6O4/c1-36-13-14-38-21-12-11-20(15-21)34-27-24(26(29)31-17-32-27)25(33-34)19-9-7-18(8-10-19)16-30-28(35)22-5-3-4-6-23(22)37-2/h3-12,17,20-21H,13-16H2,1-2H3,(H,30,35)(H2,29,31,32)/t20-,21-/m0/s1. The lowest BCUT2D eigenvalue weighted by molar-refractivity contribution is 0.0363. The van der Waals surface area contributed by atoms with Crippen molar-refractivity contribution in [2.45, 2.75) is 25.1 Å². The van der Waals surface area contributed by atoms with Gasteiger partial charge in [-0.1, -0.05) is 48.6 Å². The summed E-state index contributed by atoms with van der Waals surface area (Å²) in [4.78, 5) is 21.3. The Morgan fingerprint density at radius 2 is 1.89 bits per heavy atom. The minimum atomic E-state index is -0.199. The van der Waals surface area contributed by atoms with Crippen LogP contribution in [0.5, 0.6) is 5.75 Å². The Labute approximate surface area is 220 Å². The van der Waals surface area contributed by atoms with E-state index in [1.807, 2.05) is 41.1 Å². The smallest absolute Gasteiger partial charge is 0.255 e. The highest BCUT2D eigenvalue weighted by molar-refractivity contribution is 5.98. The molecule has 5 rings (SSSR count). The number of ether oxygens (including phenoxy) is 3. The van der Waals surface area contributed by atoms with Gasteiger partial charge in [0.2, 0.25) is 0 Å². The number of hydrogen-bond acceptors (Lipinski definition) is 8. The molecule has 0 saturated carbocycles. The Bertz CT molecular complexity index is 1450. The van der Waals surface area contributed by atoms with Gasteiger partial charge in [-0.25, -0.2) is 14.6 Å². The van der Waals surface area contributed by atoms with Crippen molar-refractivity contribution in [3.8, 4) is 17.0 Å². The van der Waals surface area contributed by atoms with Gasteiger partial charge in [0.1, 0.15) is 23.6 Å². The normalized spacial score (nSPS) is 16.7. The van der Waals surface area contributed by atoms with Crippen LogP contribution in [0.3, 0.4) is 0 Å². The van der Waals surface area contributed by atoms with Crippen molar-refractivity contribution in [1.82, 2.24) is 25.1 Å². The summed E-state index contributed by atoms with van der Waals surface area (Å²) < 4.78 is 18.1. The fourth-order valence-electron chi connectivity index (χ4n) is 4.55. The quantitative estimate of drug-likeness (QED) is 0.243. The summed E-state index contributed by atoms with van der Waals surface area (Å²) in [6.45, 7) is 1.45. The van der Waals surface area contributed by atoms with Gasteiger partial charge in [0, 0.05) is 25.6 Å². The van der Waals surface area contributed by atoms with Crippen molar-refractivity contribution in [2.75, 3.05) is 33.2 Å². The number of nitrogens with one attached hydrogen (secondary N) is 1. The second-order valence-corrected chi connectivity index (χ2v) is 8.92. The van der Waals surface area contributed by atoms with Crippen LogP contribution in [0.25, 0.3) is 22.3 Å². The number of nitrogens with zero attached hydrogens (tertiary/aromatic N) is 4. The Balaban J connectivity index is 1.34. The molecule has 10 heteroatoms. The monoisotopic (exact) mass is 514 g/mol. The topological polar surface area (TPSA) is 126 Å². The van der Waals surface area contributed by atoms with Gasteiger partial charge in [-0.05, 0) is 17.7 Å². The molecule has 2 aromatic heterocycles. The summed E-state index contributed by atoms with van der Waals surface area (Å²) in [6, 6.07) is 15.0. The van der Waals surface area contributed by atoms with E-state index in [0.717, 1.165) is 17.5 Å². The van der Waals surface area contributed by atoms with Crippen LogP contribution in [0.15, 0.2) is 67.0 Å². The maximum absolute atomic E-state index is 12.6. The van der Waals surface area contributed by atoms with Crippen molar-refractivity contribution >= 4 is 22.8 Å². The van der Waals surface area contributed by atoms with E-state index in [1.165, 1.54) is 6.33 Å². The number of nitrogens with two attached hydrogens (primary N) is 1. The molecule has 0 fully saturated rings. The summed E-state index contributed by atoms with van der Waals surface area (Å²) in [5.74, 6) is 0.710. The number of amides is 1. The third-order valence-electron chi connectivity index (χ3n) is 6.51. The number of allylic oxidation sites excluding steroid dienone is 1. The van der Waals surface area contributed by atoms with Crippen LogP contribution >= 0.6 is 0 Å². The molecule has 0 radical (unpaired) electrons. The number of carbonyl (C=O) groups is 1. The fourth-order valence-corrected chi connectivity index (χ4v) is 4.55. The summed E-state index contributed by atoms with van der Waals surface area (Å²) in [5.41, 5.74) is 9.98. The maximum Gasteiger partial charge on any atom is 0.255 e.